The zero-order chi connectivity index (χ0) is 18.8. The molecule has 1 fully saturated rings. The van der Waals surface area contributed by atoms with Crippen LogP contribution in [0.2, 0.25) is 0 Å². The first-order valence-electron chi connectivity index (χ1n) is 8.71. The van der Waals surface area contributed by atoms with Crippen LogP contribution in [-0.4, -0.2) is 64.6 Å². The summed E-state index contributed by atoms with van der Waals surface area (Å²) in [7, 11) is 3.59. The highest BCUT2D eigenvalue weighted by Crippen LogP contribution is 2.19. The van der Waals surface area contributed by atoms with Gasteiger partial charge in [0, 0.05) is 45.0 Å². The Bertz CT molecular complexity index is 808. The minimum absolute atomic E-state index is 0. The zero-order valence-electron chi connectivity index (χ0n) is 16.1. The maximum absolute atomic E-state index is 12.9. The number of hydrogen-bond donors (Lipinski definition) is 1. The van der Waals surface area contributed by atoms with Gasteiger partial charge in [-0.15, -0.1) is 12.4 Å². The molecule has 148 valence electrons. The third kappa shape index (κ3) is 4.33. The second-order valence-corrected chi connectivity index (χ2v) is 6.61. The van der Waals surface area contributed by atoms with Crippen molar-refractivity contribution in [2.24, 2.45) is 7.05 Å². The van der Waals surface area contributed by atoms with Crippen LogP contribution in [-0.2, 0) is 11.8 Å². The first-order chi connectivity index (χ1) is 12.4. The summed E-state index contributed by atoms with van der Waals surface area (Å²) in [5, 5.41) is 7.20. The van der Waals surface area contributed by atoms with Crippen LogP contribution in [0.4, 0.5) is 0 Å². The molecule has 0 radical (unpaired) electrons. The van der Waals surface area contributed by atoms with Crippen molar-refractivity contribution in [3.8, 4) is 0 Å². The number of nitrogens with zero attached hydrogens (tertiary/aromatic N) is 4. The molecule has 0 aromatic carbocycles. The van der Waals surface area contributed by atoms with E-state index in [1.807, 2.05) is 20.2 Å². The van der Waals surface area contributed by atoms with Crippen LogP contribution >= 0.6 is 12.4 Å². The van der Waals surface area contributed by atoms with Crippen LogP contribution in [0.25, 0.3) is 0 Å². The molecule has 0 spiro atoms. The van der Waals surface area contributed by atoms with Crippen LogP contribution in [0.3, 0.4) is 0 Å². The van der Waals surface area contributed by atoms with Crippen molar-refractivity contribution in [2.75, 3.05) is 33.2 Å². The van der Waals surface area contributed by atoms with E-state index in [1.165, 1.54) is 0 Å². The van der Waals surface area contributed by atoms with E-state index in [-0.39, 0.29) is 24.2 Å². The van der Waals surface area contributed by atoms with Gasteiger partial charge in [0.05, 0.1) is 11.8 Å². The van der Waals surface area contributed by atoms with Gasteiger partial charge in [-0.05, 0) is 27.0 Å². The molecule has 0 saturated carbocycles. The van der Waals surface area contributed by atoms with Crippen LogP contribution in [0.15, 0.2) is 22.9 Å². The van der Waals surface area contributed by atoms with Gasteiger partial charge in [0.15, 0.2) is 0 Å². The molecular formula is C18H26ClN5O3. The van der Waals surface area contributed by atoms with E-state index in [0.717, 1.165) is 11.3 Å². The largest absolute Gasteiger partial charge is 0.466 e. The van der Waals surface area contributed by atoms with E-state index < -0.39 is 6.04 Å². The van der Waals surface area contributed by atoms with Crippen molar-refractivity contribution < 1.29 is 14.0 Å². The van der Waals surface area contributed by atoms with E-state index in [9.17, 15) is 9.59 Å². The fraction of sp³-hybridized carbons (Fsp3) is 0.500. The van der Waals surface area contributed by atoms with Gasteiger partial charge in [-0.3, -0.25) is 14.3 Å². The Morgan fingerprint density at radius 2 is 1.81 bits per heavy atom. The molecule has 3 heterocycles. The van der Waals surface area contributed by atoms with Crippen molar-refractivity contribution >= 4 is 24.2 Å². The van der Waals surface area contributed by atoms with Crippen molar-refractivity contribution in [1.29, 1.82) is 0 Å². The number of carbonyl (C=O) groups excluding carboxylic acids is 2. The van der Waals surface area contributed by atoms with Gasteiger partial charge in [0.1, 0.15) is 17.6 Å². The summed E-state index contributed by atoms with van der Waals surface area (Å²) in [4.78, 5) is 29.1. The minimum Gasteiger partial charge on any atom is -0.466 e. The quantitative estimate of drug-likeness (QED) is 0.843. The average Bonchev–Trinajstić information content (AvgIpc) is 3.20. The number of aryl methyl sites for hydroxylation is 3. The molecule has 3 rings (SSSR count). The van der Waals surface area contributed by atoms with Crippen LogP contribution in [0.5, 0.6) is 0 Å². The van der Waals surface area contributed by atoms with Gasteiger partial charge >= 0.3 is 0 Å². The van der Waals surface area contributed by atoms with Crippen molar-refractivity contribution in [1.82, 2.24) is 24.9 Å². The molecule has 1 aliphatic rings. The van der Waals surface area contributed by atoms with E-state index in [1.54, 1.807) is 40.7 Å². The lowest BCUT2D eigenvalue weighted by molar-refractivity contribution is -0.135. The maximum atomic E-state index is 12.9. The summed E-state index contributed by atoms with van der Waals surface area (Å²) in [6.45, 7) is 5.68. The fourth-order valence-corrected chi connectivity index (χ4v) is 3.35. The Morgan fingerprint density at radius 1 is 1.19 bits per heavy atom. The molecule has 8 nitrogen and oxygen atoms in total. The number of aromatic nitrogens is 2. The third-order valence-electron chi connectivity index (χ3n) is 4.74. The van der Waals surface area contributed by atoms with E-state index in [2.05, 4.69) is 10.4 Å². The van der Waals surface area contributed by atoms with Crippen LogP contribution < -0.4 is 5.32 Å². The average molecular weight is 396 g/mol. The van der Waals surface area contributed by atoms with Crippen LogP contribution in [0, 0.1) is 13.8 Å². The van der Waals surface area contributed by atoms with Crippen molar-refractivity contribution in [3.05, 3.63) is 41.1 Å². The van der Waals surface area contributed by atoms with Crippen LogP contribution in [0.1, 0.15) is 33.5 Å². The molecule has 27 heavy (non-hydrogen) atoms. The molecule has 1 unspecified atom stereocenters. The van der Waals surface area contributed by atoms with Gasteiger partial charge < -0.3 is 19.5 Å². The fourth-order valence-electron chi connectivity index (χ4n) is 3.35. The van der Waals surface area contributed by atoms with Crippen molar-refractivity contribution in [2.45, 2.75) is 19.9 Å². The standard InChI is InChI=1S/C18H25N5O3.ClH/c1-12-9-15(13(2)26-12)17(24)22-5-7-23(8-6-22)18(25)16(19-3)14-10-20-21(4)11-14;/h9-11,16,19H,5-8H2,1-4H3;1H. The lowest BCUT2D eigenvalue weighted by atomic mass is 10.1. The third-order valence-corrected chi connectivity index (χ3v) is 4.74. The van der Waals surface area contributed by atoms with Gasteiger partial charge in [0.25, 0.3) is 5.91 Å². The summed E-state index contributed by atoms with van der Waals surface area (Å²) in [5.74, 6) is 1.33. The van der Waals surface area contributed by atoms with Gasteiger partial charge in [0.2, 0.25) is 5.91 Å². The molecule has 2 aromatic rings. The SMILES string of the molecule is CNC(C(=O)N1CCN(C(=O)c2cc(C)oc2C)CC1)c1cnn(C)c1.Cl. The van der Waals surface area contributed by atoms with Crippen molar-refractivity contribution in [3.63, 3.8) is 0 Å². The predicted molar refractivity (Wildman–Crippen MR) is 103 cm³/mol. The van der Waals surface area contributed by atoms with Gasteiger partial charge in [-0.1, -0.05) is 0 Å². The number of piperazine rings is 1. The highest BCUT2D eigenvalue weighted by atomic mass is 35.5. The van der Waals surface area contributed by atoms with Gasteiger partial charge in [-0.25, -0.2) is 0 Å². The lowest BCUT2D eigenvalue weighted by Gasteiger charge is -2.36. The first kappa shape index (κ1) is 21.0. The Hall–Kier alpha value is -2.32. The Morgan fingerprint density at radius 3 is 2.30 bits per heavy atom. The summed E-state index contributed by atoms with van der Waals surface area (Å²) < 4.78 is 7.13. The zero-order valence-corrected chi connectivity index (χ0v) is 16.9. The Kier molecular flexibility index (Phi) is 6.67. The minimum atomic E-state index is -0.426. The second-order valence-electron chi connectivity index (χ2n) is 6.61. The molecule has 9 heteroatoms. The van der Waals surface area contributed by atoms with E-state index in [0.29, 0.717) is 37.5 Å². The molecule has 1 N–H and O–H groups in total. The molecule has 1 aliphatic heterocycles. The first-order valence-corrected chi connectivity index (χ1v) is 8.71. The Labute approximate surface area is 164 Å². The van der Waals surface area contributed by atoms with E-state index >= 15 is 0 Å². The monoisotopic (exact) mass is 395 g/mol. The normalized spacial score (nSPS) is 15.4. The predicted octanol–water partition coefficient (Wildman–Crippen LogP) is 1.30. The molecule has 2 aromatic heterocycles. The highest BCUT2D eigenvalue weighted by Gasteiger charge is 2.30. The molecular weight excluding hydrogens is 370 g/mol. The topological polar surface area (TPSA) is 83.6 Å². The highest BCUT2D eigenvalue weighted by molar-refractivity contribution is 5.95. The summed E-state index contributed by atoms with van der Waals surface area (Å²) in [6, 6.07) is 1.35. The van der Waals surface area contributed by atoms with Gasteiger partial charge in [-0.2, -0.15) is 5.10 Å². The Balaban J connectivity index is 0.00000261. The molecule has 1 saturated heterocycles. The maximum Gasteiger partial charge on any atom is 0.257 e. The second kappa shape index (κ2) is 8.58. The molecule has 0 aliphatic carbocycles. The summed E-state index contributed by atoms with van der Waals surface area (Å²) >= 11 is 0. The number of halogens is 1. The summed E-state index contributed by atoms with van der Waals surface area (Å²) in [5.41, 5.74) is 1.44. The molecule has 1 atom stereocenters. The number of nitrogens with one attached hydrogen (secondary N) is 1. The smallest absolute Gasteiger partial charge is 0.257 e. The number of rotatable bonds is 4. The number of likely N-dealkylation sites (N-methyl/N-ethyl adjacent to an activating group) is 1. The number of amides is 2. The molecule has 0 bridgehead atoms. The number of carbonyl (C=O) groups is 2. The van der Waals surface area contributed by atoms with E-state index in [4.69, 9.17) is 4.42 Å². The number of furan rings is 1. The summed E-state index contributed by atoms with van der Waals surface area (Å²) in [6.07, 6.45) is 3.53. The number of hydrogen-bond acceptors (Lipinski definition) is 5. The molecule has 2 amide bonds. The lowest BCUT2D eigenvalue weighted by Crippen LogP contribution is -2.52.